The molecule has 0 saturated carbocycles. The summed E-state index contributed by atoms with van der Waals surface area (Å²) in [5.74, 6) is 0.0683. The highest BCUT2D eigenvalue weighted by Crippen LogP contribution is 2.23. The fourth-order valence-corrected chi connectivity index (χ4v) is 3.99. The van der Waals surface area contributed by atoms with Crippen LogP contribution in [0.15, 0.2) is 29.1 Å². The Morgan fingerprint density at radius 1 is 1.20 bits per heavy atom. The van der Waals surface area contributed by atoms with Crippen molar-refractivity contribution in [2.24, 2.45) is 5.92 Å². The van der Waals surface area contributed by atoms with Gasteiger partial charge in [-0.15, -0.1) is 0 Å². The van der Waals surface area contributed by atoms with E-state index in [0.29, 0.717) is 49.2 Å². The fourth-order valence-electron chi connectivity index (χ4n) is 3.99. The quantitative estimate of drug-likeness (QED) is 0.514. The van der Waals surface area contributed by atoms with Gasteiger partial charge in [0.1, 0.15) is 11.6 Å². The van der Waals surface area contributed by atoms with Crippen molar-refractivity contribution >= 4 is 5.91 Å². The minimum absolute atomic E-state index is 0.0672. The molecule has 1 atom stereocenters. The molecule has 6 nitrogen and oxygen atoms in total. The number of carbonyl (C=O) groups excluding carboxylic acids is 1. The minimum Gasteiger partial charge on any atom is -0.356 e. The Balaban J connectivity index is 1.61. The zero-order chi connectivity index (χ0) is 21.5. The summed E-state index contributed by atoms with van der Waals surface area (Å²) in [4.78, 5) is 35.0. The average molecular weight is 415 g/mol. The summed E-state index contributed by atoms with van der Waals surface area (Å²) >= 11 is 0. The highest BCUT2D eigenvalue weighted by Gasteiger charge is 2.25. The van der Waals surface area contributed by atoms with Crippen LogP contribution in [0.4, 0.5) is 4.39 Å². The van der Waals surface area contributed by atoms with Gasteiger partial charge in [0.25, 0.3) is 5.56 Å². The van der Waals surface area contributed by atoms with Crippen molar-refractivity contribution in [1.29, 1.82) is 0 Å². The molecule has 0 radical (unpaired) electrons. The summed E-state index contributed by atoms with van der Waals surface area (Å²) in [5, 5.41) is 3.06. The fraction of sp³-hybridized carbons (Fsp3) is 0.522. The molecule has 1 aliphatic rings. The molecule has 0 aliphatic heterocycles. The molecule has 0 bridgehead atoms. The van der Waals surface area contributed by atoms with Crippen molar-refractivity contribution in [2.75, 3.05) is 26.2 Å². The van der Waals surface area contributed by atoms with Gasteiger partial charge >= 0.3 is 0 Å². The number of hydrogen-bond acceptors (Lipinski definition) is 4. The van der Waals surface area contributed by atoms with Gasteiger partial charge in [0.2, 0.25) is 5.91 Å². The van der Waals surface area contributed by atoms with Crippen LogP contribution in [0.3, 0.4) is 0 Å². The number of carbonyl (C=O) groups is 1. The summed E-state index contributed by atoms with van der Waals surface area (Å²) in [7, 11) is 0. The van der Waals surface area contributed by atoms with E-state index in [2.05, 4.69) is 34.0 Å². The Morgan fingerprint density at radius 2 is 1.90 bits per heavy atom. The maximum atomic E-state index is 13.2. The lowest BCUT2D eigenvalue weighted by atomic mass is 9.99. The number of amides is 1. The number of hydrogen-bond donors (Lipinski definition) is 2. The Morgan fingerprint density at radius 3 is 2.60 bits per heavy atom. The average Bonchev–Trinajstić information content (AvgIpc) is 2.97. The Labute approximate surface area is 176 Å². The van der Waals surface area contributed by atoms with Gasteiger partial charge in [-0.25, -0.2) is 9.37 Å². The van der Waals surface area contributed by atoms with Crippen LogP contribution in [0.1, 0.15) is 44.4 Å². The van der Waals surface area contributed by atoms with Crippen LogP contribution in [0.5, 0.6) is 0 Å². The zero-order valence-electron chi connectivity index (χ0n) is 17.8. The van der Waals surface area contributed by atoms with Gasteiger partial charge < -0.3 is 15.2 Å². The molecule has 0 spiro atoms. The number of H-pyrrole nitrogens is 1. The van der Waals surface area contributed by atoms with Crippen molar-refractivity contribution < 1.29 is 9.18 Å². The number of halogens is 1. The first-order chi connectivity index (χ1) is 14.5. The van der Waals surface area contributed by atoms with Crippen molar-refractivity contribution in [3.05, 3.63) is 51.7 Å². The maximum absolute atomic E-state index is 13.2. The molecule has 1 aromatic heterocycles. The molecule has 0 saturated heterocycles. The number of aromatic nitrogens is 2. The lowest BCUT2D eigenvalue weighted by molar-refractivity contribution is -0.125. The topological polar surface area (TPSA) is 78.1 Å². The van der Waals surface area contributed by atoms with E-state index in [-0.39, 0.29) is 23.2 Å². The van der Waals surface area contributed by atoms with Crippen LogP contribution >= 0.6 is 0 Å². The van der Waals surface area contributed by atoms with Crippen LogP contribution in [-0.4, -0.2) is 47.0 Å². The summed E-state index contributed by atoms with van der Waals surface area (Å²) in [6.45, 7) is 7.98. The van der Waals surface area contributed by atoms with Gasteiger partial charge in [-0.2, -0.15) is 0 Å². The number of aromatic amines is 1. The van der Waals surface area contributed by atoms with Crippen LogP contribution < -0.4 is 10.9 Å². The van der Waals surface area contributed by atoms with E-state index in [4.69, 9.17) is 0 Å². The normalized spacial score (nSPS) is 16.2. The number of rotatable bonds is 8. The van der Waals surface area contributed by atoms with Crippen LogP contribution in [0.2, 0.25) is 0 Å². The predicted octanol–water partition coefficient (Wildman–Crippen LogP) is 2.92. The number of fused-ring (bicyclic) bond motifs is 1. The number of aryl methyl sites for hydroxylation is 1. The first-order valence-electron chi connectivity index (χ1n) is 10.9. The predicted molar refractivity (Wildman–Crippen MR) is 116 cm³/mol. The van der Waals surface area contributed by atoms with E-state index >= 15 is 0 Å². The van der Waals surface area contributed by atoms with Crippen molar-refractivity contribution in [3.63, 3.8) is 0 Å². The Kier molecular flexibility index (Phi) is 7.74. The smallest absolute Gasteiger partial charge is 0.254 e. The largest absolute Gasteiger partial charge is 0.356 e. The first-order valence-corrected chi connectivity index (χ1v) is 10.9. The number of nitrogens with one attached hydrogen (secondary N) is 2. The molecule has 1 heterocycles. The monoisotopic (exact) mass is 414 g/mol. The summed E-state index contributed by atoms with van der Waals surface area (Å²) in [6.07, 6.45) is 3.39. The molecule has 1 aromatic carbocycles. The maximum Gasteiger partial charge on any atom is 0.254 e. The molecule has 0 fully saturated rings. The summed E-state index contributed by atoms with van der Waals surface area (Å²) in [5.41, 5.74) is 1.91. The molecule has 1 aliphatic carbocycles. The molecular formula is C23H31FN4O2. The molecular weight excluding hydrogens is 383 g/mol. The van der Waals surface area contributed by atoms with E-state index in [1.165, 1.54) is 12.1 Å². The highest BCUT2D eigenvalue weighted by molar-refractivity contribution is 5.78. The molecule has 2 N–H and O–H groups in total. The van der Waals surface area contributed by atoms with Crippen LogP contribution in [0, 0.1) is 11.7 Å². The van der Waals surface area contributed by atoms with Gasteiger partial charge in [-0.3, -0.25) is 9.59 Å². The third-order valence-electron chi connectivity index (χ3n) is 5.91. The molecule has 1 unspecified atom stereocenters. The van der Waals surface area contributed by atoms with E-state index in [9.17, 15) is 14.0 Å². The van der Waals surface area contributed by atoms with Gasteiger partial charge in [0, 0.05) is 23.6 Å². The van der Waals surface area contributed by atoms with Crippen molar-refractivity contribution in [1.82, 2.24) is 20.2 Å². The molecule has 3 rings (SSSR count). The summed E-state index contributed by atoms with van der Waals surface area (Å²) in [6, 6.07) is 5.90. The van der Waals surface area contributed by atoms with Gasteiger partial charge in [-0.05, 0) is 76.0 Å². The Bertz CT molecular complexity index is 906. The van der Waals surface area contributed by atoms with Crippen LogP contribution in [-0.2, 0) is 17.6 Å². The van der Waals surface area contributed by atoms with Gasteiger partial charge in [0.15, 0.2) is 0 Å². The zero-order valence-corrected chi connectivity index (χ0v) is 17.8. The second-order valence-corrected chi connectivity index (χ2v) is 7.79. The van der Waals surface area contributed by atoms with E-state index < -0.39 is 0 Å². The molecule has 1 amide bonds. The number of nitrogens with zero attached hydrogens (tertiary/aromatic N) is 2. The van der Waals surface area contributed by atoms with Crippen molar-refractivity contribution in [3.8, 4) is 11.4 Å². The highest BCUT2D eigenvalue weighted by atomic mass is 19.1. The van der Waals surface area contributed by atoms with E-state index in [1.54, 1.807) is 12.1 Å². The SMILES string of the molecule is CCN(CC)CCCNC(=O)C1CCc2nc(-c3ccc(F)cc3)[nH]c(=O)c2CC1. The van der Waals surface area contributed by atoms with E-state index in [0.717, 1.165) is 31.7 Å². The molecule has 162 valence electrons. The standard InChI is InChI=1S/C23H31FN4O2/c1-3-28(4-2)15-5-14-25-22(29)17-8-12-19-20(13-9-17)26-21(27-23(19)30)16-6-10-18(24)11-7-16/h6-7,10-11,17H,3-5,8-9,12-15H2,1-2H3,(H,25,29)(H,26,27,30). The molecule has 7 heteroatoms. The third-order valence-corrected chi connectivity index (χ3v) is 5.91. The lowest BCUT2D eigenvalue weighted by Gasteiger charge is -2.18. The van der Waals surface area contributed by atoms with Gasteiger partial charge in [-0.1, -0.05) is 13.8 Å². The first kappa shape index (κ1) is 22.2. The van der Waals surface area contributed by atoms with E-state index in [1.807, 2.05) is 0 Å². The minimum atomic E-state index is -0.332. The summed E-state index contributed by atoms with van der Waals surface area (Å²) < 4.78 is 13.2. The Hall–Kier alpha value is -2.54. The lowest BCUT2D eigenvalue weighted by Crippen LogP contribution is -2.34. The van der Waals surface area contributed by atoms with Gasteiger partial charge in [0.05, 0.1) is 5.69 Å². The van der Waals surface area contributed by atoms with Crippen LogP contribution in [0.25, 0.3) is 11.4 Å². The molecule has 2 aromatic rings. The van der Waals surface area contributed by atoms with Crippen molar-refractivity contribution in [2.45, 2.75) is 46.0 Å². The second-order valence-electron chi connectivity index (χ2n) is 7.79. The second kappa shape index (κ2) is 10.5. The molecule has 30 heavy (non-hydrogen) atoms. The number of benzene rings is 1. The third kappa shape index (κ3) is 5.53.